The average Bonchev–Trinajstić information content (AvgIpc) is 2.63. The van der Waals surface area contributed by atoms with Crippen LogP contribution in [0.15, 0.2) is 10.6 Å². The highest BCUT2D eigenvalue weighted by Gasteiger charge is 2.59. The van der Waals surface area contributed by atoms with E-state index < -0.39 is 0 Å². The highest BCUT2D eigenvalue weighted by atomic mass is 16.5. The lowest BCUT2D eigenvalue weighted by atomic mass is 10.0. The van der Waals surface area contributed by atoms with Crippen molar-refractivity contribution in [3.05, 3.63) is 17.5 Å². The lowest BCUT2D eigenvalue weighted by molar-refractivity contribution is 0.383. The molecule has 0 amide bonds. The van der Waals surface area contributed by atoms with Crippen LogP contribution in [0.1, 0.15) is 39.1 Å². The highest BCUT2D eigenvalue weighted by molar-refractivity contribution is 5.31. The fourth-order valence-corrected chi connectivity index (χ4v) is 2.34. The number of hydrogen-bond donors (Lipinski definition) is 1. The number of nitrogens with zero attached hydrogens (tertiary/aromatic N) is 1. The van der Waals surface area contributed by atoms with Gasteiger partial charge in [-0.25, -0.2) is 0 Å². The monoisotopic (exact) mass is 210 g/mol. The van der Waals surface area contributed by atoms with E-state index in [4.69, 9.17) is 4.52 Å². The molecule has 3 nitrogen and oxygen atoms in total. The molecule has 1 aliphatic heterocycles. The third-order valence-corrected chi connectivity index (χ3v) is 3.20. The van der Waals surface area contributed by atoms with Crippen LogP contribution in [-0.4, -0.2) is 18.2 Å². The van der Waals surface area contributed by atoms with Crippen LogP contribution in [0, 0.1) is 12.8 Å². The molecule has 3 heteroatoms. The molecule has 2 aliphatic rings. The van der Waals surface area contributed by atoms with Crippen molar-refractivity contribution in [3.63, 3.8) is 0 Å². The molecule has 0 bridgehead atoms. The van der Waals surface area contributed by atoms with E-state index in [2.05, 4.69) is 16.5 Å². The lowest BCUT2D eigenvalue weighted by Gasteiger charge is -2.04. The average molecular weight is 210 g/mol. The van der Waals surface area contributed by atoms with E-state index in [9.17, 15) is 0 Å². The second-order valence-corrected chi connectivity index (χ2v) is 4.01. The maximum atomic E-state index is 5.09. The second kappa shape index (κ2) is 4.35. The van der Waals surface area contributed by atoms with Crippen LogP contribution in [0.25, 0.3) is 0 Å². The van der Waals surface area contributed by atoms with Crippen LogP contribution in [-0.2, 0) is 5.41 Å². The van der Waals surface area contributed by atoms with E-state index in [-0.39, 0.29) is 7.43 Å². The van der Waals surface area contributed by atoms with Crippen LogP contribution < -0.4 is 5.32 Å². The Kier molecular flexibility index (Phi) is 3.55. The number of aromatic nitrogens is 1. The van der Waals surface area contributed by atoms with Crippen molar-refractivity contribution >= 4 is 0 Å². The normalized spacial score (nSPS) is 31.0. The van der Waals surface area contributed by atoms with Crippen molar-refractivity contribution in [2.45, 2.75) is 40.0 Å². The van der Waals surface area contributed by atoms with Crippen LogP contribution in [0.4, 0.5) is 0 Å². The fourth-order valence-electron chi connectivity index (χ4n) is 2.34. The minimum absolute atomic E-state index is 0. The standard InChI is InChI=1S/C9H12N2O.C2H6.CH4/c1-6-2-8(11-12-6)9-3-7(9)4-10-5-9;1-2;/h2,7,10H,3-5H2,1H3;1-2H3;1H4. The molecule has 1 saturated carbocycles. The van der Waals surface area contributed by atoms with Gasteiger partial charge in [0.1, 0.15) is 5.76 Å². The Morgan fingerprint density at radius 3 is 2.67 bits per heavy atom. The van der Waals surface area contributed by atoms with E-state index in [0.717, 1.165) is 30.5 Å². The predicted molar refractivity (Wildman–Crippen MR) is 62.0 cm³/mol. The lowest BCUT2D eigenvalue weighted by Crippen LogP contribution is -2.19. The summed E-state index contributed by atoms with van der Waals surface area (Å²) in [5, 5.41) is 7.48. The Hall–Kier alpha value is -0.830. The van der Waals surface area contributed by atoms with E-state index in [1.807, 2.05) is 20.8 Å². The van der Waals surface area contributed by atoms with Crippen LogP contribution >= 0.6 is 0 Å². The summed E-state index contributed by atoms with van der Waals surface area (Å²) < 4.78 is 5.09. The Labute approximate surface area is 92.2 Å². The molecule has 1 aliphatic carbocycles. The van der Waals surface area contributed by atoms with Gasteiger partial charge in [-0.2, -0.15) is 0 Å². The number of fused-ring (bicyclic) bond motifs is 1. The minimum Gasteiger partial charge on any atom is -0.361 e. The number of piperidine rings is 1. The van der Waals surface area contributed by atoms with Crippen molar-refractivity contribution < 1.29 is 4.52 Å². The molecule has 0 aromatic carbocycles. The van der Waals surface area contributed by atoms with Gasteiger partial charge in [0.05, 0.1) is 5.69 Å². The topological polar surface area (TPSA) is 38.1 Å². The highest BCUT2D eigenvalue weighted by Crippen LogP contribution is 2.55. The Morgan fingerprint density at radius 2 is 2.27 bits per heavy atom. The van der Waals surface area contributed by atoms with E-state index in [0.29, 0.717) is 5.41 Å². The van der Waals surface area contributed by atoms with Crippen molar-refractivity contribution in [3.8, 4) is 0 Å². The molecule has 0 spiro atoms. The number of rotatable bonds is 1. The Morgan fingerprint density at radius 1 is 1.53 bits per heavy atom. The van der Waals surface area contributed by atoms with Gasteiger partial charge in [-0.3, -0.25) is 0 Å². The molecule has 2 atom stereocenters. The zero-order valence-corrected chi connectivity index (χ0v) is 9.13. The predicted octanol–water partition coefficient (Wildman–Crippen LogP) is 2.51. The van der Waals surface area contributed by atoms with Gasteiger partial charge < -0.3 is 9.84 Å². The number of aryl methyl sites for hydroxylation is 1. The zero-order valence-electron chi connectivity index (χ0n) is 9.13. The van der Waals surface area contributed by atoms with Gasteiger partial charge in [-0.15, -0.1) is 0 Å². The first-order valence-electron chi connectivity index (χ1n) is 5.46. The van der Waals surface area contributed by atoms with Crippen molar-refractivity contribution in [2.24, 2.45) is 5.92 Å². The molecule has 2 unspecified atom stereocenters. The fraction of sp³-hybridized carbons (Fsp3) is 0.750. The summed E-state index contributed by atoms with van der Waals surface area (Å²) in [5.74, 6) is 1.75. The van der Waals surface area contributed by atoms with Gasteiger partial charge in [-0.05, 0) is 25.8 Å². The van der Waals surface area contributed by atoms with Gasteiger partial charge in [0, 0.05) is 18.0 Å². The molecule has 2 fully saturated rings. The van der Waals surface area contributed by atoms with Crippen molar-refractivity contribution in [1.29, 1.82) is 0 Å². The van der Waals surface area contributed by atoms with Crippen LogP contribution in [0.3, 0.4) is 0 Å². The molecule has 1 N–H and O–H groups in total. The zero-order chi connectivity index (χ0) is 10.2. The van der Waals surface area contributed by atoms with E-state index in [1.54, 1.807) is 0 Å². The molecule has 15 heavy (non-hydrogen) atoms. The first-order chi connectivity index (χ1) is 6.81. The minimum atomic E-state index is 0. The number of nitrogens with one attached hydrogen (secondary N) is 1. The molecular formula is C12H22N2O. The van der Waals surface area contributed by atoms with Gasteiger partial charge in [0.2, 0.25) is 0 Å². The molecule has 1 aromatic heterocycles. The number of hydrogen-bond acceptors (Lipinski definition) is 3. The van der Waals surface area contributed by atoms with E-state index >= 15 is 0 Å². The molecule has 1 saturated heterocycles. The maximum absolute atomic E-state index is 5.09. The summed E-state index contributed by atoms with van der Waals surface area (Å²) >= 11 is 0. The van der Waals surface area contributed by atoms with Gasteiger partial charge in [0.25, 0.3) is 0 Å². The maximum Gasteiger partial charge on any atom is 0.133 e. The first kappa shape index (κ1) is 12.2. The summed E-state index contributed by atoms with van der Waals surface area (Å²) in [6.07, 6.45) is 1.30. The Bertz CT molecular complexity index is 321. The second-order valence-electron chi connectivity index (χ2n) is 4.01. The molecule has 2 heterocycles. The molecular weight excluding hydrogens is 188 g/mol. The molecule has 86 valence electrons. The SMILES string of the molecule is C.CC.Cc1cc(C23CNCC2C3)no1. The summed E-state index contributed by atoms with van der Waals surface area (Å²) in [7, 11) is 0. The quantitative estimate of drug-likeness (QED) is 0.774. The largest absolute Gasteiger partial charge is 0.361 e. The van der Waals surface area contributed by atoms with Gasteiger partial charge >= 0.3 is 0 Å². The molecule has 0 radical (unpaired) electrons. The molecule has 1 aromatic rings. The molecule has 3 rings (SSSR count). The Balaban J connectivity index is 0.000000356. The summed E-state index contributed by atoms with van der Waals surface area (Å²) in [6.45, 7) is 8.20. The summed E-state index contributed by atoms with van der Waals surface area (Å²) in [6, 6.07) is 2.08. The summed E-state index contributed by atoms with van der Waals surface area (Å²) in [4.78, 5) is 0. The van der Waals surface area contributed by atoms with Gasteiger partial charge in [-0.1, -0.05) is 26.4 Å². The van der Waals surface area contributed by atoms with Crippen molar-refractivity contribution in [2.75, 3.05) is 13.1 Å². The van der Waals surface area contributed by atoms with Crippen LogP contribution in [0.2, 0.25) is 0 Å². The van der Waals surface area contributed by atoms with Gasteiger partial charge in [0.15, 0.2) is 0 Å². The third kappa shape index (κ3) is 1.81. The van der Waals surface area contributed by atoms with Crippen LogP contribution in [0.5, 0.6) is 0 Å². The first-order valence-corrected chi connectivity index (χ1v) is 5.46. The van der Waals surface area contributed by atoms with E-state index in [1.165, 1.54) is 6.42 Å². The third-order valence-electron chi connectivity index (χ3n) is 3.20. The summed E-state index contributed by atoms with van der Waals surface area (Å²) in [5.41, 5.74) is 1.52. The smallest absolute Gasteiger partial charge is 0.133 e. The van der Waals surface area contributed by atoms with Crippen molar-refractivity contribution in [1.82, 2.24) is 10.5 Å².